The Morgan fingerprint density at radius 1 is 1.37 bits per heavy atom. The van der Waals surface area contributed by atoms with Crippen LogP contribution in [0.4, 0.5) is 0 Å². The van der Waals surface area contributed by atoms with Crippen molar-refractivity contribution in [1.29, 1.82) is 0 Å². The van der Waals surface area contributed by atoms with Gasteiger partial charge in [-0.25, -0.2) is 0 Å². The molecule has 0 aromatic heterocycles. The van der Waals surface area contributed by atoms with Crippen molar-refractivity contribution in [3.63, 3.8) is 0 Å². The molecule has 0 saturated heterocycles. The van der Waals surface area contributed by atoms with Crippen molar-refractivity contribution in [2.75, 3.05) is 13.2 Å². The summed E-state index contributed by atoms with van der Waals surface area (Å²) in [7, 11) is 0. The Bertz CT molecular complexity index is 447. The molecule has 1 aromatic rings. The molecule has 104 valence electrons. The molecular formula is C14H18O4S. The molecule has 0 bridgehead atoms. The molecule has 4 nitrogen and oxygen atoms in total. The lowest BCUT2D eigenvalue weighted by atomic mass is 10.2. The molecule has 0 fully saturated rings. The summed E-state index contributed by atoms with van der Waals surface area (Å²) in [6.45, 7) is 3.34. The smallest absolute Gasteiger partial charge is 0.304 e. The van der Waals surface area contributed by atoms with Crippen molar-refractivity contribution in [2.24, 2.45) is 0 Å². The Labute approximate surface area is 117 Å². The van der Waals surface area contributed by atoms with E-state index in [2.05, 4.69) is 0 Å². The van der Waals surface area contributed by atoms with E-state index in [0.717, 1.165) is 29.2 Å². The summed E-state index contributed by atoms with van der Waals surface area (Å²) in [6, 6.07) is 5.80. The highest BCUT2D eigenvalue weighted by atomic mass is 32.2. The molecule has 1 unspecified atom stereocenters. The molecular weight excluding hydrogens is 264 g/mol. The van der Waals surface area contributed by atoms with Crippen LogP contribution in [0.3, 0.4) is 0 Å². The topological polar surface area (TPSA) is 55.8 Å². The van der Waals surface area contributed by atoms with Crippen molar-refractivity contribution >= 4 is 17.7 Å². The second kappa shape index (κ2) is 6.70. The average Bonchev–Trinajstić information content (AvgIpc) is 2.62. The number of rotatable bonds is 5. The van der Waals surface area contributed by atoms with E-state index in [1.807, 2.05) is 25.1 Å². The summed E-state index contributed by atoms with van der Waals surface area (Å²) >= 11 is 1.58. The number of hydrogen-bond donors (Lipinski definition) is 1. The monoisotopic (exact) mass is 282 g/mol. The van der Waals surface area contributed by atoms with Gasteiger partial charge < -0.3 is 14.6 Å². The standard InChI is InChI=1S/C14H18O4S/c1-2-10(9-14(15)16)19-11-4-5-12-13(8-11)18-7-3-6-17-12/h4-5,8,10H,2-3,6-7,9H2,1H3,(H,15,16). The van der Waals surface area contributed by atoms with Crippen LogP contribution in [0.1, 0.15) is 26.2 Å². The van der Waals surface area contributed by atoms with Crippen LogP contribution in [-0.2, 0) is 4.79 Å². The van der Waals surface area contributed by atoms with E-state index in [0.29, 0.717) is 13.2 Å². The van der Waals surface area contributed by atoms with Crippen molar-refractivity contribution in [1.82, 2.24) is 0 Å². The molecule has 1 atom stereocenters. The number of thioether (sulfide) groups is 1. The molecule has 0 saturated carbocycles. The van der Waals surface area contributed by atoms with Crippen LogP contribution in [0, 0.1) is 0 Å². The molecule has 0 radical (unpaired) electrons. The molecule has 1 aliphatic heterocycles. The summed E-state index contributed by atoms with van der Waals surface area (Å²) in [6.07, 6.45) is 1.88. The zero-order valence-corrected chi connectivity index (χ0v) is 11.7. The Balaban J connectivity index is 2.08. The van der Waals surface area contributed by atoms with Crippen molar-refractivity contribution in [3.05, 3.63) is 18.2 Å². The van der Waals surface area contributed by atoms with E-state index in [-0.39, 0.29) is 11.7 Å². The second-order valence-electron chi connectivity index (χ2n) is 4.40. The van der Waals surface area contributed by atoms with E-state index >= 15 is 0 Å². The van der Waals surface area contributed by atoms with Crippen LogP contribution in [0.2, 0.25) is 0 Å². The zero-order chi connectivity index (χ0) is 13.7. The Morgan fingerprint density at radius 3 is 2.79 bits per heavy atom. The predicted molar refractivity (Wildman–Crippen MR) is 74.2 cm³/mol. The molecule has 1 N–H and O–H groups in total. The van der Waals surface area contributed by atoms with Gasteiger partial charge in [0.05, 0.1) is 19.6 Å². The summed E-state index contributed by atoms with van der Waals surface area (Å²) in [5.41, 5.74) is 0. The van der Waals surface area contributed by atoms with Crippen LogP contribution in [0.5, 0.6) is 11.5 Å². The van der Waals surface area contributed by atoms with Gasteiger partial charge in [-0.1, -0.05) is 6.92 Å². The van der Waals surface area contributed by atoms with Crippen LogP contribution < -0.4 is 9.47 Å². The highest BCUT2D eigenvalue weighted by Crippen LogP contribution is 2.36. The van der Waals surface area contributed by atoms with E-state index in [4.69, 9.17) is 14.6 Å². The van der Waals surface area contributed by atoms with Crippen molar-refractivity contribution in [2.45, 2.75) is 36.3 Å². The molecule has 1 heterocycles. The van der Waals surface area contributed by atoms with Crippen LogP contribution in [-0.4, -0.2) is 29.5 Å². The molecule has 19 heavy (non-hydrogen) atoms. The Morgan fingerprint density at radius 2 is 2.11 bits per heavy atom. The molecule has 1 aliphatic rings. The quantitative estimate of drug-likeness (QED) is 0.840. The first-order valence-electron chi connectivity index (χ1n) is 6.47. The lowest BCUT2D eigenvalue weighted by molar-refractivity contribution is -0.136. The molecule has 0 amide bonds. The van der Waals surface area contributed by atoms with Gasteiger partial charge in [0.25, 0.3) is 0 Å². The van der Waals surface area contributed by atoms with Crippen LogP contribution in [0.15, 0.2) is 23.1 Å². The number of fused-ring (bicyclic) bond motifs is 1. The van der Waals surface area contributed by atoms with E-state index in [1.165, 1.54) is 0 Å². The SMILES string of the molecule is CCC(CC(=O)O)Sc1ccc2c(c1)OCCCO2. The van der Waals surface area contributed by atoms with Crippen molar-refractivity contribution in [3.8, 4) is 11.5 Å². The summed E-state index contributed by atoms with van der Waals surface area (Å²) < 4.78 is 11.2. The fraction of sp³-hybridized carbons (Fsp3) is 0.500. The Kier molecular flexibility index (Phi) is 4.96. The molecule has 5 heteroatoms. The van der Waals surface area contributed by atoms with E-state index in [9.17, 15) is 4.79 Å². The maximum Gasteiger partial charge on any atom is 0.304 e. The molecule has 2 rings (SSSR count). The van der Waals surface area contributed by atoms with E-state index < -0.39 is 5.97 Å². The highest BCUT2D eigenvalue weighted by molar-refractivity contribution is 8.00. The normalized spacial score (nSPS) is 15.6. The van der Waals surface area contributed by atoms with Gasteiger partial charge in [-0.15, -0.1) is 11.8 Å². The maximum atomic E-state index is 10.8. The summed E-state index contributed by atoms with van der Waals surface area (Å²) in [5.74, 6) is 0.773. The number of ether oxygens (including phenoxy) is 2. The lowest BCUT2D eigenvalue weighted by Gasteiger charge is -2.14. The third kappa shape index (κ3) is 4.06. The van der Waals surface area contributed by atoms with Crippen molar-refractivity contribution < 1.29 is 19.4 Å². The minimum atomic E-state index is -0.756. The first kappa shape index (κ1) is 14.1. The fourth-order valence-electron chi connectivity index (χ4n) is 1.87. The lowest BCUT2D eigenvalue weighted by Crippen LogP contribution is -2.08. The van der Waals surface area contributed by atoms with Gasteiger partial charge in [-0.3, -0.25) is 4.79 Å². The number of carboxylic acids is 1. The predicted octanol–water partition coefficient (Wildman–Crippen LogP) is 3.19. The number of benzene rings is 1. The number of carbonyl (C=O) groups is 1. The minimum Gasteiger partial charge on any atom is -0.490 e. The average molecular weight is 282 g/mol. The third-order valence-electron chi connectivity index (χ3n) is 2.88. The van der Waals surface area contributed by atoms with Gasteiger partial charge in [0.1, 0.15) is 0 Å². The van der Waals surface area contributed by atoms with Crippen LogP contribution in [0.25, 0.3) is 0 Å². The molecule has 0 aliphatic carbocycles. The second-order valence-corrected chi connectivity index (χ2v) is 5.78. The van der Waals surface area contributed by atoms with Gasteiger partial charge in [-0.05, 0) is 24.6 Å². The first-order valence-corrected chi connectivity index (χ1v) is 7.35. The first-order chi connectivity index (χ1) is 9.19. The minimum absolute atomic E-state index is 0.0854. The van der Waals surface area contributed by atoms with E-state index in [1.54, 1.807) is 11.8 Å². The largest absolute Gasteiger partial charge is 0.490 e. The summed E-state index contributed by atoms with van der Waals surface area (Å²) in [5, 5.41) is 8.95. The molecule has 1 aromatic carbocycles. The number of carboxylic acid groups (broad SMARTS) is 1. The Hall–Kier alpha value is -1.36. The van der Waals surface area contributed by atoms with Gasteiger partial charge in [0.2, 0.25) is 0 Å². The number of aliphatic carboxylic acids is 1. The van der Waals surface area contributed by atoms with Crippen LogP contribution >= 0.6 is 11.8 Å². The molecule has 0 spiro atoms. The highest BCUT2D eigenvalue weighted by Gasteiger charge is 2.15. The van der Waals surface area contributed by atoms with Gasteiger partial charge in [-0.2, -0.15) is 0 Å². The fourth-order valence-corrected chi connectivity index (χ4v) is 2.97. The summed E-state index contributed by atoms with van der Waals surface area (Å²) in [4.78, 5) is 11.8. The van der Waals surface area contributed by atoms with Gasteiger partial charge in [0, 0.05) is 16.6 Å². The van der Waals surface area contributed by atoms with Gasteiger partial charge >= 0.3 is 5.97 Å². The zero-order valence-electron chi connectivity index (χ0n) is 10.9. The van der Waals surface area contributed by atoms with Gasteiger partial charge in [0.15, 0.2) is 11.5 Å². The number of hydrogen-bond acceptors (Lipinski definition) is 4. The third-order valence-corrected chi connectivity index (χ3v) is 4.24. The maximum absolute atomic E-state index is 10.8.